The summed E-state index contributed by atoms with van der Waals surface area (Å²) in [5, 5.41) is 9.55. The van der Waals surface area contributed by atoms with Crippen LogP contribution in [-0.2, 0) is 17.3 Å². The monoisotopic (exact) mass is 382 g/mol. The summed E-state index contributed by atoms with van der Waals surface area (Å²) in [6.45, 7) is 7.51. The molecule has 1 saturated heterocycles. The van der Waals surface area contributed by atoms with Crippen molar-refractivity contribution in [3.8, 4) is 0 Å². The molecule has 2 aromatic rings. The number of aromatic carboxylic acids is 1. The van der Waals surface area contributed by atoms with Gasteiger partial charge in [0, 0.05) is 35.7 Å². The Morgan fingerprint density at radius 3 is 2.82 bits per heavy atom. The molecule has 1 aliphatic carbocycles. The van der Waals surface area contributed by atoms with Crippen molar-refractivity contribution in [3.63, 3.8) is 0 Å². The Bertz CT molecular complexity index is 992. The largest absolute Gasteiger partial charge is 0.478 e. The van der Waals surface area contributed by atoms with Crippen LogP contribution in [0.25, 0.3) is 0 Å². The van der Waals surface area contributed by atoms with Crippen molar-refractivity contribution < 1.29 is 9.90 Å². The SMILES string of the molecule is CC(C)(C)c1nc2c(c(=O)[nH]1)CCC21CCCN(c2ncccc2C(=O)O)C1. The minimum absolute atomic E-state index is 0.0343. The molecule has 7 heteroatoms. The van der Waals surface area contributed by atoms with Crippen molar-refractivity contribution in [1.29, 1.82) is 0 Å². The first kappa shape index (κ1) is 18.7. The van der Waals surface area contributed by atoms with Crippen molar-refractivity contribution in [3.05, 3.63) is 51.3 Å². The van der Waals surface area contributed by atoms with Crippen molar-refractivity contribution in [2.75, 3.05) is 18.0 Å². The third-order valence-electron chi connectivity index (χ3n) is 5.98. The topological polar surface area (TPSA) is 99.2 Å². The van der Waals surface area contributed by atoms with E-state index in [1.807, 2.05) is 20.8 Å². The molecule has 0 radical (unpaired) electrons. The van der Waals surface area contributed by atoms with Crippen molar-refractivity contribution in [2.24, 2.45) is 0 Å². The fraction of sp³-hybridized carbons (Fsp3) is 0.524. The number of nitrogens with zero attached hydrogens (tertiary/aromatic N) is 3. The van der Waals surface area contributed by atoms with Crippen LogP contribution in [0.15, 0.2) is 23.1 Å². The van der Waals surface area contributed by atoms with Gasteiger partial charge >= 0.3 is 5.97 Å². The second-order valence-corrected chi connectivity index (χ2v) is 8.98. The number of pyridine rings is 1. The zero-order valence-electron chi connectivity index (χ0n) is 16.6. The molecular formula is C21H26N4O3. The summed E-state index contributed by atoms with van der Waals surface area (Å²) in [5.74, 6) is 0.237. The summed E-state index contributed by atoms with van der Waals surface area (Å²) in [6, 6.07) is 3.24. The Labute approximate surface area is 163 Å². The zero-order valence-corrected chi connectivity index (χ0v) is 16.6. The predicted molar refractivity (Wildman–Crippen MR) is 106 cm³/mol. The molecular weight excluding hydrogens is 356 g/mol. The van der Waals surface area contributed by atoms with Crippen molar-refractivity contribution in [1.82, 2.24) is 15.0 Å². The molecule has 0 bridgehead atoms. The highest BCUT2D eigenvalue weighted by Crippen LogP contribution is 2.44. The number of carboxylic acids is 1. The highest BCUT2D eigenvalue weighted by molar-refractivity contribution is 5.93. The first-order valence-electron chi connectivity index (χ1n) is 9.79. The Morgan fingerprint density at radius 1 is 1.32 bits per heavy atom. The van der Waals surface area contributed by atoms with E-state index in [0.29, 0.717) is 24.6 Å². The summed E-state index contributed by atoms with van der Waals surface area (Å²) < 4.78 is 0. The van der Waals surface area contributed by atoms with Crippen LogP contribution in [0.2, 0.25) is 0 Å². The minimum Gasteiger partial charge on any atom is -0.478 e. The highest BCUT2D eigenvalue weighted by Gasteiger charge is 2.45. The lowest BCUT2D eigenvalue weighted by Crippen LogP contribution is -2.46. The fourth-order valence-electron chi connectivity index (χ4n) is 4.53. The van der Waals surface area contributed by atoms with E-state index in [0.717, 1.165) is 37.1 Å². The number of aromatic nitrogens is 3. The zero-order chi connectivity index (χ0) is 20.1. The first-order chi connectivity index (χ1) is 13.2. The molecule has 0 amide bonds. The molecule has 1 fully saturated rings. The molecule has 1 spiro atoms. The number of H-pyrrole nitrogens is 1. The van der Waals surface area contributed by atoms with Gasteiger partial charge in [-0.1, -0.05) is 20.8 Å². The summed E-state index contributed by atoms with van der Waals surface area (Å²) in [6.07, 6.45) is 5.06. The molecule has 0 saturated carbocycles. The summed E-state index contributed by atoms with van der Waals surface area (Å²) >= 11 is 0. The van der Waals surface area contributed by atoms with E-state index in [1.165, 1.54) is 0 Å². The Balaban J connectivity index is 1.77. The van der Waals surface area contributed by atoms with Gasteiger partial charge in [0.1, 0.15) is 17.2 Å². The Morgan fingerprint density at radius 2 is 2.11 bits per heavy atom. The quantitative estimate of drug-likeness (QED) is 0.828. The van der Waals surface area contributed by atoms with Crippen molar-refractivity contribution >= 4 is 11.8 Å². The third-order valence-corrected chi connectivity index (χ3v) is 5.98. The Kier molecular flexibility index (Phi) is 4.28. The van der Waals surface area contributed by atoms with Gasteiger partial charge in [-0.3, -0.25) is 4.79 Å². The van der Waals surface area contributed by atoms with E-state index < -0.39 is 5.97 Å². The first-order valence-corrected chi connectivity index (χ1v) is 9.79. The van der Waals surface area contributed by atoms with Crippen LogP contribution < -0.4 is 10.5 Å². The van der Waals surface area contributed by atoms with Crippen LogP contribution in [0.1, 0.15) is 67.5 Å². The van der Waals surface area contributed by atoms with Crippen LogP contribution in [0.5, 0.6) is 0 Å². The molecule has 2 N–H and O–H groups in total. The van der Waals surface area contributed by atoms with E-state index in [-0.39, 0.29) is 22.0 Å². The van der Waals surface area contributed by atoms with E-state index >= 15 is 0 Å². The molecule has 148 valence electrons. The normalized spacial score (nSPS) is 21.8. The number of piperidine rings is 1. The second-order valence-electron chi connectivity index (χ2n) is 8.98. The van der Waals surface area contributed by atoms with E-state index in [9.17, 15) is 14.7 Å². The molecule has 1 unspecified atom stereocenters. The maximum Gasteiger partial charge on any atom is 0.339 e. The number of nitrogens with one attached hydrogen (secondary N) is 1. The fourth-order valence-corrected chi connectivity index (χ4v) is 4.53. The molecule has 2 aromatic heterocycles. The van der Waals surface area contributed by atoms with Gasteiger partial charge in [-0.2, -0.15) is 0 Å². The molecule has 0 aromatic carbocycles. The van der Waals surface area contributed by atoms with Gasteiger partial charge in [0.2, 0.25) is 0 Å². The molecule has 4 rings (SSSR count). The number of carboxylic acid groups (broad SMARTS) is 1. The number of rotatable bonds is 2. The average Bonchev–Trinajstić information content (AvgIpc) is 2.99. The summed E-state index contributed by atoms with van der Waals surface area (Å²) in [5.41, 5.74) is 1.40. The number of hydrogen-bond acceptors (Lipinski definition) is 5. The van der Waals surface area contributed by atoms with Gasteiger partial charge in [-0.05, 0) is 37.8 Å². The maximum atomic E-state index is 12.7. The van der Waals surface area contributed by atoms with Gasteiger partial charge in [-0.15, -0.1) is 0 Å². The van der Waals surface area contributed by atoms with Crippen LogP contribution in [0.4, 0.5) is 5.82 Å². The van der Waals surface area contributed by atoms with E-state index in [1.54, 1.807) is 18.3 Å². The lowest BCUT2D eigenvalue weighted by molar-refractivity contribution is 0.0697. The number of fused-ring (bicyclic) bond motifs is 2. The number of hydrogen-bond donors (Lipinski definition) is 2. The predicted octanol–water partition coefficient (Wildman–Crippen LogP) is 2.65. The molecule has 2 aliphatic rings. The summed E-state index contributed by atoms with van der Waals surface area (Å²) in [4.78, 5) is 38.7. The maximum absolute atomic E-state index is 12.7. The highest BCUT2D eigenvalue weighted by atomic mass is 16.4. The van der Waals surface area contributed by atoms with Gasteiger partial charge < -0.3 is 15.0 Å². The standard InChI is InChI=1S/C21H26N4O3/c1-20(2,3)19-23-15-13(17(26)24-19)7-9-21(15)8-5-11-25(12-21)16-14(18(27)28)6-4-10-22-16/h4,6,10H,5,7-9,11-12H2,1-3H3,(H,27,28)(H,23,24,26). The number of aromatic amines is 1. The van der Waals surface area contributed by atoms with Crippen LogP contribution >= 0.6 is 0 Å². The Hall–Kier alpha value is -2.70. The minimum atomic E-state index is -0.973. The van der Waals surface area contributed by atoms with Gasteiger partial charge in [0.05, 0.1) is 5.69 Å². The van der Waals surface area contributed by atoms with Crippen LogP contribution in [0.3, 0.4) is 0 Å². The van der Waals surface area contributed by atoms with Gasteiger partial charge in [-0.25, -0.2) is 14.8 Å². The molecule has 1 atom stereocenters. The van der Waals surface area contributed by atoms with Crippen LogP contribution in [0, 0.1) is 0 Å². The lowest BCUT2D eigenvalue weighted by atomic mass is 9.77. The van der Waals surface area contributed by atoms with Crippen LogP contribution in [-0.4, -0.2) is 39.1 Å². The molecule has 7 nitrogen and oxygen atoms in total. The number of anilines is 1. The number of carbonyl (C=O) groups is 1. The van der Waals surface area contributed by atoms with Crippen molar-refractivity contribution in [2.45, 2.75) is 57.3 Å². The van der Waals surface area contributed by atoms with Gasteiger partial charge in [0.15, 0.2) is 0 Å². The van der Waals surface area contributed by atoms with Gasteiger partial charge in [0.25, 0.3) is 5.56 Å². The summed E-state index contributed by atoms with van der Waals surface area (Å²) in [7, 11) is 0. The van der Waals surface area contributed by atoms with E-state index in [2.05, 4.69) is 14.9 Å². The smallest absolute Gasteiger partial charge is 0.339 e. The molecule has 28 heavy (non-hydrogen) atoms. The average molecular weight is 382 g/mol. The lowest BCUT2D eigenvalue weighted by Gasteiger charge is -2.41. The molecule has 3 heterocycles. The second kappa shape index (κ2) is 6.43. The molecule has 1 aliphatic heterocycles. The van der Waals surface area contributed by atoms with E-state index in [4.69, 9.17) is 4.98 Å². The third kappa shape index (κ3) is 2.99.